The lowest BCUT2D eigenvalue weighted by Crippen LogP contribution is -2.36. The number of aromatic nitrogens is 1. The smallest absolute Gasteiger partial charge is 0.420 e. The third-order valence-corrected chi connectivity index (χ3v) is 6.58. The molecular weight excluding hydrogens is 466 g/mol. The second-order valence-corrected chi connectivity index (χ2v) is 9.00. The Labute approximate surface area is 215 Å². The summed E-state index contributed by atoms with van der Waals surface area (Å²) < 4.78 is 17.8. The lowest BCUT2D eigenvalue weighted by molar-refractivity contribution is 0.120. The van der Waals surface area contributed by atoms with Crippen molar-refractivity contribution in [1.29, 1.82) is 0 Å². The van der Waals surface area contributed by atoms with Crippen LogP contribution < -0.4 is 9.64 Å². The molecule has 1 atom stereocenters. The molecular formula is C30H27N3O4. The maximum atomic E-state index is 13.4. The van der Waals surface area contributed by atoms with E-state index in [1.165, 1.54) is 0 Å². The summed E-state index contributed by atoms with van der Waals surface area (Å²) in [7, 11) is 0. The largest absolute Gasteiger partial charge is 0.422 e. The summed E-state index contributed by atoms with van der Waals surface area (Å²) in [6, 6.07) is 26.7. The van der Waals surface area contributed by atoms with Gasteiger partial charge in [-0.3, -0.25) is 4.90 Å². The minimum absolute atomic E-state index is 0.453. The molecule has 0 N–H and O–H groups in total. The number of anilines is 1. The van der Waals surface area contributed by atoms with Gasteiger partial charge in [0.05, 0.1) is 13.2 Å². The van der Waals surface area contributed by atoms with Crippen LogP contribution >= 0.6 is 0 Å². The van der Waals surface area contributed by atoms with Crippen molar-refractivity contribution in [3.8, 4) is 5.75 Å². The summed E-state index contributed by atoms with van der Waals surface area (Å²) >= 11 is 0. The van der Waals surface area contributed by atoms with Gasteiger partial charge in [-0.2, -0.15) is 0 Å². The predicted octanol–water partition coefficient (Wildman–Crippen LogP) is 5.68. The average molecular weight is 494 g/mol. The molecule has 2 aliphatic heterocycles. The maximum Gasteiger partial charge on any atom is 0.420 e. The first kappa shape index (κ1) is 23.1. The number of oxazole rings is 1. The van der Waals surface area contributed by atoms with Crippen molar-refractivity contribution in [1.82, 2.24) is 9.88 Å². The lowest BCUT2D eigenvalue weighted by atomic mass is 9.96. The number of fused-ring (bicyclic) bond motifs is 1. The first-order valence-electron chi connectivity index (χ1n) is 12.4. The highest BCUT2D eigenvalue weighted by molar-refractivity contribution is 5.76. The van der Waals surface area contributed by atoms with Crippen LogP contribution in [-0.4, -0.2) is 42.3 Å². The van der Waals surface area contributed by atoms with E-state index in [9.17, 15) is 4.79 Å². The lowest BCUT2D eigenvalue weighted by Gasteiger charge is -2.30. The highest BCUT2D eigenvalue weighted by atomic mass is 16.6. The molecule has 1 fully saturated rings. The number of para-hydroxylation sites is 1. The van der Waals surface area contributed by atoms with Gasteiger partial charge in [-0.15, -0.1) is 0 Å². The number of benzene rings is 3. The molecule has 7 heteroatoms. The molecule has 7 nitrogen and oxygen atoms in total. The van der Waals surface area contributed by atoms with E-state index in [0.717, 1.165) is 41.4 Å². The number of amides is 1. The van der Waals surface area contributed by atoms with E-state index in [4.69, 9.17) is 18.9 Å². The zero-order chi connectivity index (χ0) is 25.0. The Hall–Kier alpha value is -4.36. The van der Waals surface area contributed by atoms with E-state index >= 15 is 0 Å². The van der Waals surface area contributed by atoms with Gasteiger partial charge >= 0.3 is 6.09 Å². The first-order chi connectivity index (χ1) is 18.3. The quantitative estimate of drug-likeness (QED) is 0.357. The van der Waals surface area contributed by atoms with Crippen LogP contribution in [0.4, 0.5) is 10.7 Å². The van der Waals surface area contributed by atoms with E-state index in [-0.39, 0.29) is 0 Å². The molecule has 186 valence electrons. The highest BCUT2D eigenvalue weighted by Gasteiger charge is 2.36. The molecule has 1 aromatic heterocycles. The number of carbonyl (C=O) groups excluding carboxylic acids is 1. The van der Waals surface area contributed by atoms with Gasteiger partial charge in [-0.25, -0.2) is 9.78 Å². The van der Waals surface area contributed by atoms with Gasteiger partial charge in [-0.05, 0) is 34.9 Å². The van der Waals surface area contributed by atoms with Gasteiger partial charge in [0.25, 0.3) is 0 Å². The third-order valence-electron chi connectivity index (χ3n) is 6.58. The van der Waals surface area contributed by atoms with Crippen LogP contribution in [0.1, 0.15) is 34.3 Å². The van der Waals surface area contributed by atoms with Crippen LogP contribution in [0.15, 0.2) is 95.5 Å². The number of rotatable bonds is 5. The van der Waals surface area contributed by atoms with Gasteiger partial charge in [0, 0.05) is 25.7 Å². The molecule has 0 spiro atoms. The number of nitrogens with zero attached hydrogens (tertiary/aromatic N) is 3. The maximum absolute atomic E-state index is 13.4. The van der Waals surface area contributed by atoms with E-state index < -0.39 is 12.1 Å². The number of hydrogen-bond donors (Lipinski definition) is 0. The van der Waals surface area contributed by atoms with Gasteiger partial charge in [0.15, 0.2) is 0 Å². The molecule has 0 saturated carbocycles. The summed E-state index contributed by atoms with van der Waals surface area (Å²) in [4.78, 5) is 22.1. The van der Waals surface area contributed by atoms with Crippen molar-refractivity contribution < 1.29 is 18.7 Å². The van der Waals surface area contributed by atoms with Gasteiger partial charge in [0.2, 0.25) is 11.8 Å². The van der Waals surface area contributed by atoms with Crippen LogP contribution in [0.3, 0.4) is 0 Å². The van der Waals surface area contributed by atoms with Crippen molar-refractivity contribution in [2.45, 2.75) is 12.5 Å². The molecule has 3 heterocycles. The summed E-state index contributed by atoms with van der Waals surface area (Å²) in [5.74, 6) is 1.66. The average Bonchev–Trinajstić information content (AvgIpc) is 3.37. The Bertz CT molecular complexity index is 1390. The molecule has 4 aromatic rings. The van der Waals surface area contributed by atoms with Crippen LogP contribution in [0.25, 0.3) is 6.08 Å². The molecule has 1 saturated heterocycles. The molecule has 1 unspecified atom stereocenters. The Morgan fingerprint density at radius 2 is 1.62 bits per heavy atom. The van der Waals surface area contributed by atoms with E-state index in [1.807, 2.05) is 66.7 Å². The van der Waals surface area contributed by atoms with Gasteiger partial charge in [-0.1, -0.05) is 72.8 Å². The topological polar surface area (TPSA) is 68.0 Å². The van der Waals surface area contributed by atoms with Crippen molar-refractivity contribution in [3.63, 3.8) is 0 Å². The van der Waals surface area contributed by atoms with Crippen molar-refractivity contribution in [2.75, 3.05) is 31.2 Å². The fourth-order valence-electron chi connectivity index (χ4n) is 4.76. The Balaban J connectivity index is 1.41. The highest BCUT2D eigenvalue weighted by Crippen LogP contribution is 2.38. The van der Waals surface area contributed by atoms with E-state index in [2.05, 4.69) is 17.0 Å². The summed E-state index contributed by atoms with van der Waals surface area (Å²) in [6.07, 6.45) is 3.77. The SMILES string of the molecule is O=C(Oc1ccccc1)N1C=Cc2ccccc2C1c1nc(Cc2ccccc2)c(N2CCOCC2)o1. The number of morpholine rings is 1. The Kier molecular flexibility index (Phi) is 6.44. The second-order valence-electron chi connectivity index (χ2n) is 9.00. The summed E-state index contributed by atoms with van der Waals surface area (Å²) in [5.41, 5.74) is 3.91. The van der Waals surface area contributed by atoms with Gasteiger partial charge in [0.1, 0.15) is 17.5 Å². The minimum atomic E-state index is -0.568. The molecule has 3 aromatic carbocycles. The van der Waals surface area contributed by atoms with Crippen LogP contribution in [0.5, 0.6) is 5.75 Å². The molecule has 6 rings (SSSR count). The van der Waals surface area contributed by atoms with Crippen LogP contribution in [0, 0.1) is 0 Å². The number of carbonyl (C=O) groups is 1. The summed E-state index contributed by atoms with van der Waals surface area (Å²) in [6.45, 7) is 2.70. The zero-order valence-electron chi connectivity index (χ0n) is 20.3. The summed E-state index contributed by atoms with van der Waals surface area (Å²) in [5, 5.41) is 0. The minimum Gasteiger partial charge on any atom is -0.422 e. The fraction of sp³-hybridized carbons (Fsp3) is 0.200. The molecule has 1 amide bonds. The molecule has 0 aliphatic carbocycles. The number of hydrogen-bond acceptors (Lipinski definition) is 6. The standard InChI is InChI=1S/C30H27N3O4/c34-30(36-24-12-5-2-6-13-24)33-16-15-23-11-7-8-14-25(23)27(33)28-31-26(21-22-9-3-1-4-10-22)29(37-28)32-17-19-35-20-18-32/h1-16,27H,17-21H2. The van der Waals surface area contributed by atoms with Crippen LogP contribution in [0.2, 0.25) is 0 Å². The van der Waals surface area contributed by atoms with E-state index in [1.54, 1.807) is 23.2 Å². The molecule has 37 heavy (non-hydrogen) atoms. The Morgan fingerprint density at radius 3 is 2.41 bits per heavy atom. The van der Waals surface area contributed by atoms with E-state index in [0.29, 0.717) is 31.3 Å². The normalized spacial score (nSPS) is 16.9. The predicted molar refractivity (Wildman–Crippen MR) is 140 cm³/mol. The monoisotopic (exact) mass is 493 g/mol. The second kappa shape index (κ2) is 10.3. The van der Waals surface area contributed by atoms with Crippen LogP contribution in [-0.2, 0) is 11.2 Å². The van der Waals surface area contributed by atoms with Crippen molar-refractivity contribution in [2.24, 2.45) is 0 Å². The van der Waals surface area contributed by atoms with Gasteiger partial charge < -0.3 is 18.8 Å². The number of ether oxygens (including phenoxy) is 2. The molecule has 2 aliphatic rings. The molecule has 0 radical (unpaired) electrons. The Morgan fingerprint density at radius 1 is 0.919 bits per heavy atom. The zero-order valence-corrected chi connectivity index (χ0v) is 20.3. The molecule has 0 bridgehead atoms. The third kappa shape index (κ3) is 4.86. The van der Waals surface area contributed by atoms with Crippen molar-refractivity contribution >= 4 is 18.1 Å². The van der Waals surface area contributed by atoms with Crippen molar-refractivity contribution in [3.05, 3.63) is 119 Å². The fourth-order valence-corrected chi connectivity index (χ4v) is 4.76. The first-order valence-corrected chi connectivity index (χ1v) is 12.4.